The fourth-order valence-electron chi connectivity index (χ4n) is 9.15. The van der Waals surface area contributed by atoms with Crippen LogP contribution in [0.15, 0.2) is 239 Å². The van der Waals surface area contributed by atoms with Gasteiger partial charge in [-0.1, -0.05) is 158 Å². The van der Waals surface area contributed by atoms with Crippen LogP contribution in [-0.2, 0) is 0 Å². The number of rotatable bonds is 8. The molecule has 62 heavy (non-hydrogen) atoms. The molecule has 4 heteroatoms. The lowest BCUT2D eigenvalue weighted by Gasteiger charge is -2.30. The normalized spacial score (nSPS) is 11.5. The molecule has 2 aromatic heterocycles. The van der Waals surface area contributed by atoms with Gasteiger partial charge in [0.1, 0.15) is 16.7 Å². The Morgan fingerprint density at radius 3 is 1.47 bits per heavy atom. The van der Waals surface area contributed by atoms with Crippen LogP contribution in [0.4, 0.5) is 34.1 Å². The number of fused-ring (bicyclic) bond motifs is 8. The van der Waals surface area contributed by atoms with Crippen LogP contribution in [0, 0.1) is 0 Å². The van der Waals surface area contributed by atoms with Crippen molar-refractivity contribution in [2.75, 3.05) is 9.80 Å². The second-order valence-corrected chi connectivity index (χ2v) is 15.7. The molecule has 0 amide bonds. The summed E-state index contributed by atoms with van der Waals surface area (Å²) in [7, 11) is 0. The summed E-state index contributed by atoms with van der Waals surface area (Å²) in [5, 5.41) is 6.54. The van der Waals surface area contributed by atoms with Crippen molar-refractivity contribution in [2.45, 2.75) is 0 Å². The first-order chi connectivity index (χ1) is 30.7. The molecule has 0 spiro atoms. The van der Waals surface area contributed by atoms with Crippen LogP contribution in [0.2, 0.25) is 0 Å². The number of para-hydroxylation sites is 2. The van der Waals surface area contributed by atoms with Gasteiger partial charge in [0.25, 0.3) is 0 Å². The molecule has 292 valence electrons. The van der Waals surface area contributed by atoms with Crippen LogP contribution in [0.25, 0.3) is 76.9 Å². The summed E-state index contributed by atoms with van der Waals surface area (Å²) in [4.78, 5) is 4.71. The van der Waals surface area contributed by atoms with E-state index in [0.717, 1.165) is 99.9 Å². The van der Waals surface area contributed by atoms with E-state index >= 15 is 0 Å². The van der Waals surface area contributed by atoms with Crippen molar-refractivity contribution >= 4 is 88.8 Å². The Morgan fingerprint density at radius 2 is 0.790 bits per heavy atom. The van der Waals surface area contributed by atoms with Gasteiger partial charge in [-0.15, -0.1) is 0 Å². The Balaban J connectivity index is 1.16. The summed E-state index contributed by atoms with van der Waals surface area (Å²) < 4.78 is 13.6. The number of furan rings is 2. The van der Waals surface area contributed by atoms with Crippen molar-refractivity contribution in [1.29, 1.82) is 0 Å². The molecule has 0 fully saturated rings. The third kappa shape index (κ3) is 6.00. The number of hydrogen-bond acceptors (Lipinski definition) is 4. The molecule has 0 aliphatic heterocycles. The number of anilines is 6. The van der Waals surface area contributed by atoms with Gasteiger partial charge >= 0.3 is 0 Å². The molecule has 10 aromatic carbocycles. The zero-order chi connectivity index (χ0) is 41.0. The zero-order valence-corrected chi connectivity index (χ0v) is 33.7. The molecule has 0 bridgehead atoms. The van der Waals surface area contributed by atoms with E-state index in [4.69, 9.17) is 8.83 Å². The minimum absolute atomic E-state index is 0.805. The van der Waals surface area contributed by atoms with Crippen LogP contribution < -0.4 is 9.80 Å². The van der Waals surface area contributed by atoms with E-state index < -0.39 is 0 Å². The van der Waals surface area contributed by atoms with E-state index in [1.807, 2.05) is 12.1 Å². The fraction of sp³-hybridized carbons (Fsp3) is 0. The third-order valence-electron chi connectivity index (χ3n) is 12.0. The van der Waals surface area contributed by atoms with Gasteiger partial charge in [0.05, 0.1) is 16.8 Å². The lowest BCUT2D eigenvalue weighted by Crippen LogP contribution is -2.14. The highest BCUT2D eigenvalue weighted by atomic mass is 16.3. The van der Waals surface area contributed by atoms with Gasteiger partial charge in [-0.25, -0.2) is 0 Å². The van der Waals surface area contributed by atoms with E-state index in [-0.39, 0.29) is 0 Å². The van der Waals surface area contributed by atoms with Crippen molar-refractivity contribution in [3.63, 3.8) is 0 Å². The SMILES string of the molecule is c1ccc(-c2ccc(N(c3ccc(-c4ccccc4)cc3)c3cc(N(c4ccccc4)c4cccc5oc6ccccc6c45)cc4c3oc3ccc5ccccc5c34)cc2)cc1. The first-order valence-electron chi connectivity index (χ1n) is 21.0. The van der Waals surface area contributed by atoms with E-state index in [0.29, 0.717) is 0 Å². The summed E-state index contributed by atoms with van der Waals surface area (Å²) in [5.41, 5.74) is 14.0. The predicted octanol–water partition coefficient (Wildman–Crippen LogP) is 16.9. The van der Waals surface area contributed by atoms with Crippen LogP contribution in [0.3, 0.4) is 0 Å². The maximum absolute atomic E-state index is 7.09. The topological polar surface area (TPSA) is 32.8 Å². The molecular formula is C58H38N2O2. The highest BCUT2D eigenvalue weighted by molar-refractivity contribution is 6.22. The van der Waals surface area contributed by atoms with Crippen LogP contribution in [0.1, 0.15) is 0 Å². The van der Waals surface area contributed by atoms with Crippen LogP contribution in [0.5, 0.6) is 0 Å². The minimum Gasteiger partial charge on any atom is -0.456 e. The highest BCUT2D eigenvalue weighted by Gasteiger charge is 2.26. The van der Waals surface area contributed by atoms with Crippen molar-refractivity contribution in [3.8, 4) is 22.3 Å². The second kappa shape index (κ2) is 14.7. The lowest BCUT2D eigenvalue weighted by atomic mass is 10.0. The third-order valence-corrected chi connectivity index (χ3v) is 12.0. The Bertz CT molecular complexity index is 3470. The molecule has 0 N–H and O–H groups in total. The largest absolute Gasteiger partial charge is 0.456 e. The second-order valence-electron chi connectivity index (χ2n) is 15.7. The monoisotopic (exact) mass is 794 g/mol. The van der Waals surface area contributed by atoms with Crippen molar-refractivity contribution < 1.29 is 8.83 Å². The Hall–Kier alpha value is -8.34. The molecule has 0 saturated heterocycles. The zero-order valence-electron chi connectivity index (χ0n) is 33.7. The summed E-state index contributed by atoms with van der Waals surface area (Å²) in [6, 6.07) is 81.5. The summed E-state index contributed by atoms with van der Waals surface area (Å²) >= 11 is 0. The Morgan fingerprint density at radius 1 is 0.274 bits per heavy atom. The standard InChI is InChI=1S/C58H38N2O2/c1-4-15-39(16-5-1)41-27-32-45(33-28-41)59(46-34-29-42(30-35-46)40-17-6-2-7-18-40)52-38-47(37-50-56-48-22-11-10-19-43(48)31-36-55(56)62-58(50)52)60(44-20-8-3-9-21-44)51-24-14-26-54-57(51)49-23-12-13-25-53(49)61-54/h1-38H. The van der Waals surface area contributed by atoms with E-state index in [1.165, 1.54) is 11.1 Å². The van der Waals surface area contributed by atoms with Gasteiger partial charge in [0, 0.05) is 38.9 Å². The number of benzene rings is 10. The Labute approximate surface area is 358 Å². The van der Waals surface area contributed by atoms with E-state index in [2.05, 4.69) is 228 Å². The van der Waals surface area contributed by atoms with Crippen molar-refractivity contribution in [1.82, 2.24) is 0 Å². The van der Waals surface area contributed by atoms with Gasteiger partial charge in [-0.3, -0.25) is 0 Å². The molecular weight excluding hydrogens is 757 g/mol. The molecule has 0 saturated carbocycles. The smallest absolute Gasteiger partial charge is 0.159 e. The van der Waals surface area contributed by atoms with Gasteiger partial charge in [0.15, 0.2) is 5.58 Å². The fourth-order valence-corrected chi connectivity index (χ4v) is 9.15. The molecule has 4 nitrogen and oxygen atoms in total. The average Bonchev–Trinajstić information content (AvgIpc) is 3.93. The minimum atomic E-state index is 0.805. The molecule has 0 unspecified atom stereocenters. The molecule has 0 aliphatic rings. The van der Waals surface area contributed by atoms with Gasteiger partial charge in [-0.05, 0) is 106 Å². The van der Waals surface area contributed by atoms with Crippen LogP contribution in [-0.4, -0.2) is 0 Å². The van der Waals surface area contributed by atoms with E-state index in [1.54, 1.807) is 0 Å². The predicted molar refractivity (Wildman–Crippen MR) is 259 cm³/mol. The molecule has 2 heterocycles. The molecule has 0 aliphatic carbocycles. The van der Waals surface area contributed by atoms with Crippen LogP contribution >= 0.6 is 0 Å². The number of nitrogens with zero attached hydrogens (tertiary/aromatic N) is 2. The van der Waals surface area contributed by atoms with E-state index in [9.17, 15) is 0 Å². The Kier molecular flexibility index (Phi) is 8.46. The number of hydrogen-bond donors (Lipinski definition) is 0. The first-order valence-corrected chi connectivity index (χ1v) is 21.0. The van der Waals surface area contributed by atoms with Gasteiger partial charge in [0.2, 0.25) is 0 Å². The molecule has 0 radical (unpaired) electrons. The van der Waals surface area contributed by atoms with Crippen molar-refractivity contribution in [2.24, 2.45) is 0 Å². The molecule has 12 rings (SSSR count). The highest BCUT2D eigenvalue weighted by Crippen LogP contribution is 2.50. The summed E-state index contributed by atoms with van der Waals surface area (Å²) in [6.45, 7) is 0. The maximum atomic E-state index is 7.09. The molecule has 0 atom stereocenters. The summed E-state index contributed by atoms with van der Waals surface area (Å²) in [5.74, 6) is 0. The summed E-state index contributed by atoms with van der Waals surface area (Å²) in [6.07, 6.45) is 0. The maximum Gasteiger partial charge on any atom is 0.159 e. The average molecular weight is 795 g/mol. The first kappa shape index (κ1) is 35.6. The van der Waals surface area contributed by atoms with Crippen molar-refractivity contribution in [3.05, 3.63) is 231 Å². The quantitative estimate of drug-likeness (QED) is 0.153. The lowest BCUT2D eigenvalue weighted by molar-refractivity contribution is 0.668. The van der Waals surface area contributed by atoms with Gasteiger partial charge in [-0.2, -0.15) is 0 Å². The molecule has 12 aromatic rings. The van der Waals surface area contributed by atoms with Gasteiger partial charge < -0.3 is 18.6 Å².